The summed E-state index contributed by atoms with van der Waals surface area (Å²) in [5.41, 5.74) is 0.732. The Hall–Kier alpha value is -0.640. The highest BCUT2D eigenvalue weighted by atomic mass is 35.5. The summed E-state index contributed by atoms with van der Waals surface area (Å²) in [4.78, 5) is 0. The van der Waals surface area contributed by atoms with Crippen molar-refractivity contribution in [1.29, 1.82) is 0 Å². The molecule has 4 heteroatoms. The van der Waals surface area contributed by atoms with Gasteiger partial charge >= 0.3 is 0 Å². The summed E-state index contributed by atoms with van der Waals surface area (Å²) in [6.45, 7) is 0.510. The van der Waals surface area contributed by atoms with E-state index in [2.05, 4.69) is 0 Å². The molecule has 0 amide bonds. The van der Waals surface area contributed by atoms with Crippen LogP contribution in [-0.2, 0) is 4.74 Å². The summed E-state index contributed by atoms with van der Waals surface area (Å²) in [7, 11) is 0. The largest absolute Gasteiger partial charge is 0.393 e. The first kappa shape index (κ1) is 10.9. The van der Waals surface area contributed by atoms with E-state index in [4.69, 9.17) is 16.3 Å². The van der Waals surface area contributed by atoms with Crippen molar-refractivity contribution in [2.45, 2.75) is 25.0 Å². The van der Waals surface area contributed by atoms with Crippen LogP contribution in [0.5, 0.6) is 0 Å². The van der Waals surface area contributed by atoms with Crippen molar-refractivity contribution < 1.29 is 14.2 Å². The summed E-state index contributed by atoms with van der Waals surface area (Å²) in [5.74, 6) is -0.446. The van der Waals surface area contributed by atoms with Gasteiger partial charge in [0.1, 0.15) is 5.82 Å². The zero-order valence-electron chi connectivity index (χ0n) is 8.12. The van der Waals surface area contributed by atoms with E-state index in [1.165, 1.54) is 12.1 Å². The number of ether oxygens (including phenoxy) is 1. The average molecular weight is 231 g/mol. The molecule has 1 heterocycles. The predicted molar refractivity (Wildman–Crippen MR) is 55.3 cm³/mol. The molecule has 1 N–H and O–H groups in total. The van der Waals surface area contributed by atoms with Gasteiger partial charge in [-0.05, 0) is 24.1 Å². The lowest BCUT2D eigenvalue weighted by Crippen LogP contribution is -2.23. The minimum Gasteiger partial charge on any atom is -0.393 e. The van der Waals surface area contributed by atoms with Crippen molar-refractivity contribution in [3.8, 4) is 0 Å². The first-order chi connectivity index (χ1) is 7.16. The molecule has 2 unspecified atom stereocenters. The average Bonchev–Trinajstić information content (AvgIpc) is 2.22. The number of halogens is 2. The van der Waals surface area contributed by atoms with Crippen LogP contribution in [0.2, 0.25) is 5.02 Å². The molecule has 2 nitrogen and oxygen atoms in total. The fourth-order valence-electron chi connectivity index (χ4n) is 1.72. The molecule has 1 aromatic carbocycles. The molecule has 15 heavy (non-hydrogen) atoms. The van der Waals surface area contributed by atoms with Gasteiger partial charge in [0.25, 0.3) is 0 Å². The lowest BCUT2D eigenvalue weighted by atomic mass is 9.99. The van der Waals surface area contributed by atoms with Crippen molar-refractivity contribution in [1.82, 2.24) is 0 Å². The Bertz CT molecular complexity index is 356. The third-order valence-electron chi connectivity index (χ3n) is 2.57. The van der Waals surface area contributed by atoms with Crippen LogP contribution in [0.3, 0.4) is 0 Å². The van der Waals surface area contributed by atoms with Crippen LogP contribution in [0, 0.1) is 5.82 Å². The Balaban J connectivity index is 2.18. The highest BCUT2D eigenvalue weighted by molar-refractivity contribution is 6.30. The molecule has 0 bridgehead atoms. The van der Waals surface area contributed by atoms with E-state index in [-0.39, 0.29) is 17.2 Å². The Morgan fingerprint density at radius 1 is 1.47 bits per heavy atom. The SMILES string of the molecule is OC1CCOC(c2ccc(Cl)c(F)c2)C1. The number of aliphatic hydroxyl groups excluding tert-OH is 1. The van der Waals surface area contributed by atoms with Gasteiger partial charge in [-0.1, -0.05) is 17.7 Å². The third kappa shape index (κ3) is 2.48. The van der Waals surface area contributed by atoms with Gasteiger partial charge in [0.2, 0.25) is 0 Å². The third-order valence-corrected chi connectivity index (χ3v) is 2.88. The Kier molecular flexibility index (Phi) is 3.24. The van der Waals surface area contributed by atoms with Gasteiger partial charge in [0.15, 0.2) is 0 Å². The first-order valence-corrected chi connectivity index (χ1v) is 5.29. The number of rotatable bonds is 1. The zero-order valence-corrected chi connectivity index (χ0v) is 8.88. The molecule has 2 atom stereocenters. The second-order valence-corrected chi connectivity index (χ2v) is 4.12. The highest BCUT2D eigenvalue weighted by Crippen LogP contribution is 2.29. The zero-order chi connectivity index (χ0) is 10.8. The fraction of sp³-hybridized carbons (Fsp3) is 0.455. The van der Waals surface area contributed by atoms with Gasteiger partial charge in [-0.25, -0.2) is 4.39 Å². The molecule has 2 rings (SSSR count). The minimum atomic E-state index is -0.446. The second-order valence-electron chi connectivity index (χ2n) is 3.71. The van der Waals surface area contributed by atoms with Crippen molar-refractivity contribution >= 4 is 11.6 Å². The molecule has 1 aromatic rings. The molecule has 1 saturated heterocycles. The number of hydrogen-bond acceptors (Lipinski definition) is 2. The summed E-state index contributed by atoms with van der Waals surface area (Å²) < 4.78 is 18.6. The van der Waals surface area contributed by atoms with Gasteiger partial charge in [0, 0.05) is 13.0 Å². The van der Waals surface area contributed by atoms with E-state index < -0.39 is 5.82 Å². The molecule has 1 fully saturated rings. The van der Waals surface area contributed by atoms with Gasteiger partial charge in [-0.2, -0.15) is 0 Å². The maximum Gasteiger partial charge on any atom is 0.142 e. The van der Waals surface area contributed by atoms with Crippen molar-refractivity contribution in [3.05, 3.63) is 34.6 Å². The molecule has 0 spiro atoms. The molecule has 1 aliphatic rings. The van der Waals surface area contributed by atoms with E-state index in [1.54, 1.807) is 6.07 Å². The molecule has 1 aliphatic heterocycles. The highest BCUT2D eigenvalue weighted by Gasteiger charge is 2.22. The smallest absolute Gasteiger partial charge is 0.142 e. The maximum absolute atomic E-state index is 13.2. The predicted octanol–water partition coefficient (Wildman–Crippen LogP) is 2.69. The lowest BCUT2D eigenvalue weighted by molar-refractivity contribution is -0.0448. The van der Waals surface area contributed by atoms with E-state index in [0.717, 1.165) is 5.56 Å². The van der Waals surface area contributed by atoms with Crippen molar-refractivity contribution in [2.24, 2.45) is 0 Å². The second kappa shape index (κ2) is 4.47. The van der Waals surface area contributed by atoms with Crippen LogP contribution >= 0.6 is 11.6 Å². The normalized spacial score (nSPS) is 26.6. The monoisotopic (exact) mass is 230 g/mol. The van der Waals surface area contributed by atoms with Crippen molar-refractivity contribution in [3.63, 3.8) is 0 Å². The van der Waals surface area contributed by atoms with Gasteiger partial charge in [-0.15, -0.1) is 0 Å². The Labute approximate surface area is 92.6 Å². The molecule has 0 aliphatic carbocycles. The van der Waals surface area contributed by atoms with Gasteiger partial charge < -0.3 is 9.84 Å². The van der Waals surface area contributed by atoms with E-state index in [9.17, 15) is 9.50 Å². The number of hydrogen-bond donors (Lipinski definition) is 1. The van der Waals surface area contributed by atoms with Gasteiger partial charge in [0.05, 0.1) is 17.2 Å². The molecule has 82 valence electrons. The van der Waals surface area contributed by atoms with E-state index in [1.807, 2.05) is 0 Å². The quantitative estimate of drug-likeness (QED) is 0.804. The molecular formula is C11H12ClFO2. The number of aliphatic hydroxyl groups is 1. The number of benzene rings is 1. The summed E-state index contributed by atoms with van der Waals surface area (Å²) in [5, 5.41) is 9.57. The fourth-order valence-corrected chi connectivity index (χ4v) is 1.84. The standard InChI is InChI=1S/C11H12ClFO2/c12-9-2-1-7(5-10(9)13)11-6-8(14)3-4-15-11/h1-2,5,8,11,14H,3-4,6H2. The Morgan fingerprint density at radius 3 is 2.93 bits per heavy atom. The van der Waals surface area contributed by atoms with Crippen LogP contribution < -0.4 is 0 Å². The summed E-state index contributed by atoms with van der Waals surface area (Å²) >= 11 is 5.58. The molecular weight excluding hydrogens is 219 g/mol. The van der Waals surface area contributed by atoms with Crippen LogP contribution in [0.15, 0.2) is 18.2 Å². The van der Waals surface area contributed by atoms with E-state index >= 15 is 0 Å². The Morgan fingerprint density at radius 2 is 2.27 bits per heavy atom. The van der Waals surface area contributed by atoms with Crippen molar-refractivity contribution in [2.75, 3.05) is 6.61 Å². The van der Waals surface area contributed by atoms with E-state index in [0.29, 0.717) is 19.4 Å². The maximum atomic E-state index is 13.2. The minimum absolute atomic E-state index is 0.107. The van der Waals surface area contributed by atoms with Crippen LogP contribution in [0.1, 0.15) is 24.5 Å². The van der Waals surface area contributed by atoms with Crippen LogP contribution in [-0.4, -0.2) is 17.8 Å². The first-order valence-electron chi connectivity index (χ1n) is 4.91. The molecule has 0 aromatic heterocycles. The lowest BCUT2D eigenvalue weighted by Gasteiger charge is -2.26. The van der Waals surface area contributed by atoms with Crippen LogP contribution in [0.4, 0.5) is 4.39 Å². The molecule has 0 radical (unpaired) electrons. The topological polar surface area (TPSA) is 29.5 Å². The molecule has 0 saturated carbocycles. The van der Waals surface area contributed by atoms with Crippen LogP contribution in [0.25, 0.3) is 0 Å². The van der Waals surface area contributed by atoms with Gasteiger partial charge in [-0.3, -0.25) is 0 Å². The summed E-state index contributed by atoms with van der Waals surface area (Å²) in [6.07, 6.45) is 0.580. The summed E-state index contributed by atoms with van der Waals surface area (Å²) in [6, 6.07) is 4.61.